The molecule has 1 aromatic heterocycles. The van der Waals surface area contributed by atoms with Gasteiger partial charge in [0.05, 0.1) is 6.61 Å². The van der Waals surface area contributed by atoms with Gasteiger partial charge in [-0.2, -0.15) is 0 Å². The number of hydrogen-bond donors (Lipinski definition) is 1. The number of hydrogen-bond acceptors (Lipinski definition) is 2. The largest absolute Gasteiger partial charge is 0.391 e. The molecule has 2 rings (SSSR count). The minimum atomic E-state index is 0.0808. The van der Waals surface area contributed by atoms with Crippen molar-refractivity contribution in [3.63, 3.8) is 0 Å². The summed E-state index contributed by atoms with van der Waals surface area (Å²) in [5.74, 6) is 0. The first kappa shape index (κ1) is 10.4. The number of fused-ring (bicyclic) bond motifs is 1. The lowest BCUT2D eigenvalue weighted by molar-refractivity contribution is 0.285. The monoisotopic (exact) mass is 290 g/mol. The van der Waals surface area contributed by atoms with E-state index < -0.39 is 0 Å². The van der Waals surface area contributed by atoms with Crippen LogP contribution in [-0.4, -0.2) is 5.11 Å². The lowest BCUT2D eigenvalue weighted by Crippen LogP contribution is -1.76. The highest BCUT2D eigenvalue weighted by Gasteiger charge is 2.08. The molecule has 0 unspecified atom stereocenters. The van der Waals surface area contributed by atoms with Crippen molar-refractivity contribution < 1.29 is 5.11 Å². The summed E-state index contributed by atoms with van der Waals surface area (Å²) in [5.41, 5.74) is 1.22. The SMILES string of the molecule is OCc1cc2c(Cl)ccc(CBr)c2s1. The summed E-state index contributed by atoms with van der Waals surface area (Å²) in [6.45, 7) is 0.0808. The van der Waals surface area contributed by atoms with Crippen molar-refractivity contribution >= 4 is 49.0 Å². The van der Waals surface area contributed by atoms with Crippen molar-refractivity contribution in [3.8, 4) is 0 Å². The standard InChI is InChI=1S/C10H8BrClOS/c11-4-6-1-2-9(12)8-3-7(5-13)14-10(6)8/h1-3,13H,4-5H2. The van der Waals surface area contributed by atoms with E-state index >= 15 is 0 Å². The molecule has 1 nitrogen and oxygen atoms in total. The number of aliphatic hydroxyl groups excluding tert-OH is 1. The average Bonchev–Trinajstić information content (AvgIpc) is 2.63. The molecule has 4 heteroatoms. The zero-order valence-corrected chi connectivity index (χ0v) is 10.4. The van der Waals surface area contributed by atoms with Crippen molar-refractivity contribution in [2.24, 2.45) is 0 Å². The zero-order chi connectivity index (χ0) is 10.1. The molecule has 0 saturated carbocycles. The van der Waals surface area contributed by atoms with Crippen molar-refractivity contribution in [2.45, 2.75) is 11.9 Å². The average molecular weight is 292 g/mol. The van der Waals surface area contributed by atoms with Gasteiger partial charge in [-0.3, -0.25) is 0 Å². The Kier molecular flexibility index (Phi) is 3.12. The number of benzene rings is 1. The number of aliphatic hydroxyl groups is 1. The van der Waals surface area contributed by atoms with Crippen LogP contribution in [0.3, 0.4) is 0 Å². The predicted molar refractivity (Wildman–Crippen MR) is 65.4 cm³/mol. The van der Waals surface area contributed by atoms with Crippen molar-refractivity contribution in [2.75, 3.05) is 0 Å². The Bertz CT molecular complexity index is 466. The fourth-order valence-corrected chi connectivity index (χ4v) is 3.35. The molecule has 1 N–H and O–H groups in total. The molecule has 0 aliphatic carbocycles. The van der Waals surface area contributed by atoms with E-state index in [-0.39, 0.29) is 6.61 Å². The smallest absolute Gasteiger partial charge is 0.0774 e. The molecule has 0 spiro atoms. The van der Waals surface area contributed by atoms with Gasteiger partial charge in [0.15, 0.2) is 0 Å². The van der Waals surface area contributed by atoms with Gasteiger partial charge in [0, 0.05) is 25.3 Å². The van der Waals surface area contributed by atoms with E-state index in [2.05, 4.69) is 15.9 Å². The molecule has 0 amide bonds. The van der Waals surface area contributed by atoms with Crippen LogP contribution in [0.4, 0.5) is 0 Å². The fraction of sp³-hybridized carbons (Fsp3) is 0.200. The number of alkyl halides is 1. The molecule has 1 heterocycles. The summed E-state index contributed by atoms with van der Waals surface area (Å²) in [4.78, 5) is 0.954. The first-order valence-electron chi connectivity index (χ1n) is 4.13. The first-order chi connectivity index (χ1) is 6.76. The minimum Gasteiger partial charge on any atom is -0.391 e. The van der Waals surface area contributed by atoms with Crippen molar-refractivity contribution in [1.82, 2.24) is 0 Å². The zero-order valence-electron chi connectivity index (χ0n) is 7.26. The predicted octanol–water partition coefficient (Wildman–Crippen LogP) is 3.94. The van der Waals surface area contributed by atoms with Crippen LogP contribution >= 0.6 is 38.9 Å². The van der Waals surface area contributed by atoms with Gasteiger partial charge < -0.3 is 5.11 Å². The summed E-state index contributed by atoms with van der Waals surface area (Å²) in [6.07, 6.45) is 0. The van der Waals surface area contributed by atoms with Crippen LogP contribution in [-0.2, 0) is 11.9 Å². The quantitative estimate of drug-likeness (QED) is 0.831. The molecule has 0 radical (unpaired) electrons. The molecule has 74 valence electrons. The van der Waals surface area contributed by atoms with Gasteiger partial charge in [0.25, 0.3) is 0 Å². The second-order valence-corrected chi connectivity index (χ2v) is 5.06. The third-order valence-corrected chi connectivity index (χ3v) is 4.19. The summed E-state index contributed by atoms with van der Waals surface area (Å²) in [6, 6.07) is 5.86. The highest BCUT2D eigenvalue weighted by atomic mass is 79.9. The maximum absolute atomic E-state index is 9.05. The van der Waals surface area contributed by atoms with Gasteiger partial charge >= 0.3 is 0 Å². The van der Waals surface area contributed by atoms with E-state index in [0.29, 0.717) is 0 Å². The van der Waals surface area contributed by atoms with E-state index in [4.69, 9.17) is 16.7 Å². The minimum absolute atomic E-state index is 0.0808. The molecule has 14 heavy (non-hydrogen) atoms. The number of thiophene rings is 1. The van der Waals surface area contributed by atoms with Crippen molar-refractivity contribution in [3.05, 3.63) is 33.7 Å². The van der Waals surface area contributed by atoms with Crippen LogP contribution in [0.1, 0.15) is 10.4 Å². The molecule has 0 bridgehead atoms. The van der Waals surface area contributed by atoms with Crippen LogP contribution in [0.25, 0.3) is 10.1 Å². The van der Waals surface area contributed by atoms with Crippen molar-refractivity contribution in [1.29, 1.82) is 0 Å². The Hall–Kier alpha value is -0.0900. The summed E-state index contributed by atoms with van der Waals surface area (Å²) in [5, 5.41) is 11.7. The number of rotatable bonds is 2. The van der Waals surface area contributed by atoms with Crippen LogP contribution in [0, 0.1) is 0 Å². The third kappa shape index (κ3) is 1.70. The molecule has 0 aliphatic rings. The molecule has 0 fully saturated rings. The van der Waals surface area contributed by atoms with Gasteiger partial charge in [0.2, 0.25) is 0 Å². The van der Waals surface area contributed by atoms with Gasteiger partial charge in [-0.05, 0) is 17.7 Å². The topological polar surface area (TPSA) is 20.2 Å². The molecular formula is C10H8BrClOS. The Balaban J connectivity index is 2.74. The highest BCUT2D eigenvalue weighted by molar-refractivity contribution is 9.08. The molecule has 1 aromatic carbocycles. The second-order valence-electron chi connectivity index (χ2n) is 2.95. The van der Waals surface area contributed by atoms with Crippen LogP contribution < -0.4 is 0 Å². The second kappa shape index (κ2) is 4.19. The maximum atomic E-state index is 9.05. The lowest BCUT2D eigenvalue weighted by Gasteiger charge is -1.98. The molecular weight excluding hydrogens is 284 g/mol. The summed E-state index contributed by atoms with van der Waals surface area (Å²) in [7, 11) is 0. The molecule has 2 aromatic rings. The van der Waals surface area contributed by atoms with Crippen LogP contribution in [0.2, 0.25) is 5.02 Å². The molecule has 0 aliphatic heterocycles. The van der Waals surface area contributed by atoms with Gasteiger partial charge in [-0.1, -0.05) is 33.6 Å². The first-order valence-corrected chi connectivity index (χ1v) is 6.44. The molecule has 0 saturated heterocycles. The molecule has 0 atom stereocenters. The normalized spacial score (nSPS) is 11.1. The lowest BCUT2D eigenvalue weighted by atomic mass is 10.2. The van der Waals surface area contributed by atoms with Crippen LogP contribution in [0.15, 0.2) is 18.2 Å². The Morgan fingerprint density at radius 3 is 2.86 bits per heavy atom. The Labute approximate surface area is 99.4 Å². The van der Waals surface area contributed by atoms with Gasteiger partial charge in [0.1, 0.15) is 0 Å². The van der Waals surface area contributed by atoms with Crippen LogP contribution in [0.5, 0.6) is 0 Å². The van der Waals surface area contributed by atoms with E-state index in [1.165, 1.54) is 10.3 Å². The fourth-order valence-electron chi connectivity index (χ4n) is 1.38. The summed E-state index contributed by atoms with van der Waals surface area (Å²) < 4.78 is 1.17. The van der Waals surface area contributed by atoms with E-state index in [1.807, 2.05) is 18.2 Å². The Morgan fingerprint density at radius 2 is 2.21 bits per heavy atom. The van der Waals surface area contributed by atoms with Gasteiger partial charge in [-0.15, -0.1) is 11.3 Å². The summed E-state index contributed by atoms with van der Waals surface area (Å²) >= 11 is 11.1. The number of halogens is 2. The van der Waals surface area contributed by atoms with E-state index in [9.17, 15) is 0 Å². The maximum Gasteiger partial charge on any atom is 0.0774 e. The Morgan fingerprint density at radius 1 is 1.43 bits per heavy atom. The van der Waals surface area contributed by atoms with E-state index in [1.54, 1.807) is 11.3 Å². The van der Waals surface area contributed by atoms with E-state index in [0.717, 1.165) is 20.6 Å². The third-order valence-electron chi connectivity index (χ3n) is 2.06. The van der Waals surface area contributed by atoms with Gasteiger partial charge in [-0.25, -0.2) is 0 Å². The highest BCUT2D eigenvalue weighted by Crippen LogP contribution is 2.34.